The maximum Gasteiger partial charge on any atom is 0.186 e. The molecule has 2 rings (SSSR count). The van der Waals surface area contributed by atoms with Gasteiger partial charge in [-0.15, -0.1) is 0 Å². The maximum absolute atomic E-state index is 12.4. The van der Waals surface area contributed by atoms with Crippen LogP contribution in [-0.2, 0) is 9.84 Å². The molecule has 1 aromatic heterocycles. The molecule has 0 radical (unpaired) electrons. The zero-order chi connectivity index (χ0) is 14.0. The number of sulfone groups is 1. The molecule has 5 nitrogen and oxygen atoms in total. The second kappa shape index (κ2) is 5.28. The van der Waals surface area contributed by atoms with E-state index in [0.717, 1.165) is 6.42 Å². The molecule has 1 saturated carbocycles. The lowest BCUT2D eigenvalue weighted by atomic mass is 9.84. The molecule has 19 heavy (non-hydrogen) atoms. The summed E-state index contributed by atoms with van der Waals surface area (Å²) in [6, 6.07) is 3.31. The number of carbonyl (C=O) groups excluding carboxylic acids is 1. The van der Waals surface area contributed by atoms with Crippen LogP contribution in [0.25, 0.3) is 0 Å². The van der Waals surface area contributed by atoms with Gasteiger partial charge < -0.3 is 5.73 Å². The predicted molar refractivity (Wildman–Crippen MR) is 73.6 cm³/mol. The van der Waals surface area contributed by atoms with Crippen LogP contribution < -0.4 is 5.73 Å². The first-order valence-corrected chi connectivity index (χ1v) is 8.28. The molecule has 1 aliphatic rings. The van der Waals surface area contributed by atoms with Gasteiger partial charge in [0.15, 0.2) is 5.78 Å². The van der Waals surface area contributed by atoms with Crippen molar-refractivity contribution >= 4 is 21.3 Å². The van der Waals surface area contributed by atoms with E-state index in [-0.39, 0.29) is 17.4 Å². The number of hydrogen-bond acceptors (Lipinski definition) is 5. The van der Waals surface area contributed by atoms with Crippen molar-refractivity contribution in [3.63, 3.8) is 0 Å². The number of nitrogens with two attached hydrogens (primary N) is 1. The van der Waals surface area contributed by atoms with E-state index in [1.807, 2.05) is 0 Å². The van der Waals surface area contributed by atoms with E-state index in [4.69, 9.17) is 5.73 Å². The lowest BCUT2D eigenvalue weighted by molar-refractivity contribution is 0.0886. The lowest BCUT2D eigenvalue weighted by Gasteiger charge is -2.26. The topological polar surface area (TPSA) is 90.1 Å². The highest BCUT2D eigenvalue weighted by molar-refractivity contribution is 7.91. The number of ketones is 1. The van der Waals surface area contributed by atoms with Gasteiger partial charge in [-0.1, -0.05) is 6.42 Å². The van der Waals surface area contributed by atoms with Crippen molar-refractivity contribution < 1.29 is 13.2 Å². The van der Waals surface area contributed by atoms with Gasteiger partial charge in [-0.05, 0) is 31.4 Å². The minimum absolute atomic E-state index is 0.133. The summed E-state index contributed by atoms with van der Waals surface area (Å²) in [4.78, 5) is 16.4. The summed E-state index contributed by atoms with van der Waals surface area (Å²) < 4.78 is 23.2. The third kappa shape index (κ3) is 3.12. The SMILES string of the molecule is CS(=O)(=O)C1CCCC(C(=O)c2ncccc2N)C1. The maximum atomic E-state index is 12.4. The van der Waals surface area contributed by atoms with E-state index in [9.17, 15) is 13.2 Å². The number of carbonyl (C=O) groups is 1. The van der Waals surface area contributed by atoms with E-state index in [2.05, 4.69) is 4.98 Å². The molecule has 1 fully saturated rings. The second-order valence-corrected chi connectivity index (χ2v) is 7.45. The van der Waals surface area contributed by atoms with Crippen molar-refractivity contribution in [1.82, 2.24) is 4.98 Å². The molecule has 6 heteroatoms. The van der Waals surface area contributed by atoms with Crippen LogP contribution in [-0.4, -0.2) is 30.7 Å². The largest absolute Gasteiger partial charge is 0.397 e. The molecule has 0 aliphatic heterocycles. The zero-order valence-corrected chi connectivity index (χ0v) is 11.7. The first-order valence-electron chi connectivity index (χ1n) is 6.33. The van der Waals surface area contributed by atoms with Crippen molar-refractivity contribution in [1.29, 1.82) is 0 Å². The van der Waals surface area contributed by atoms with Gasteiger partial charge in [0, 0.05) is 18.4 Å². The molecule has 2 N–H and O–H groups in total. The van der Waals surface area contributed by atoms with E-state index >= 15 is 0 Å². The smallest absolute Gasteiger partial charge is 0.186 e. The summed E-state index contributed by atoms with van der Waals surface area (Å²) in [5, 5.41) is -0.417. The van der Waals surface area contributed by atoms with Crippen molar-refractivity contribution in [2.75, 3.05) is 12.0 Å². The van der Waals surface area contributed by atoms with Crippen LogP contribution in [0.3, 0.4) is 0 Å². The number of nitrogens with zero attached hydrogens (tertiary/aromatic N) is 1. The highest BCUT2D eigenvalue weighted by Gasteiger charge is 2.33. The Labute approximate surface area is 113 Å². The van der Waals surface area contributed by atoms with Gasteiger partial charge in [0.1, 0.15) is 15.5 Å². The standard InChI is InChI=1S/C13H18N2O3S/c1-19(17,18)10-5-2-4-9(8-10)13(16)12-11(14)6-3-7-15-12/h3,6-7,9-10H,2,4-5,8,14H2,1H3. The number of Topliss-reactive ketones (excluding diaryl/α,β-unsaturated/α-hetero) is 1. The number of anilines is 1. The van der Waals surface area contributed by atoms with E-state index in [1.165, 1.54) is 12.5 Å². The Kier molecular flexibility index (Phi) is 3.89. The van der Waals surface area contributed by atoms with Crippen molar-refractivity contribution in [3.8, 4) is 0 Å². The third-order valence-corrected chi connectivity index (χ3v) is 5.31. The Morgan fingerprint density at radius 1 is 1.42 bits per heavy atom. The molecule has 2 unspecified atom stereocenters. The highest BCUT2D eigenvalue weighted by Crippen LogP contribution is 2.31. The highest BCUT2D eigenvalue weighted by atomic mass is 32.2. The summed E-state index contributed by atoms with van der Waals surface area (Å²) >= 11 is 0. The minimum Gasteiger partial charge on any atom is -0.397 e. The molecule has 1 aromatic rings. The Morgan fingerprint density at radius 2 is 2.16 bits per heavy atom. The summed E-state index contributed by atoms with van der Waals surface area (Å²) in [5.41, 5.74) is 6.37. The normalized spacial score (nSPS) is 24.1. The van der Waals surface area contributed by atoms with Crippen LogP contribution in [0.2, 0.25) is 0 Å². The summed E-state index contributed by atoms with van der Waals surface area (Å²) in [7, 11) is -3.09. The molecular formula is C13H18N2O3S. The quantitative estimate of drug-likeness (QED) is 0.847. The van der Waals surface area contributed by atoms with Crippen molar-refractivity contribution in [2.24, 2.45) is 5.92 Å². The Morgan fingerprint density at radius 3 is 2.79 bits per heavy atom. The van der Waals surface area contributed by atoms with Crippen LogP contribution >= 0.6 is 0 Å². The molecule has 0 amide bonds. The molecule has 2 atom stereocenters. The monoisotopic (exact) mass is 282 g/mol. The van der Waals surface area contributed by atoms with E-state index < -0.39 is 15.1 Å². The summed E-state index contributed by atoms with van der Waals surface area (Å²) in [6.07, 6.45) is 5.25. The Balaban J connectivity index is 2.19. The van der Waals surface area contributed by atoms with Crippen molar-refractivity contribution in [2.45, 2.75) is 30.9 Å². The lowest BCUT2D eigenvalue weighted by Crippen LogP contribution is -2.31. The molecule has 1 heterocycles. The summed E-state index contributed by atoms with van der Waals surface area (Å²) in [6.45, 7) is 0. The average molecular weight is 282 g/mol. The molecule has 0 saturated heterocycles. The van der Waals surface area contributed by atoms with Gasteiger partial charge in [-0.3, -0.25) is 9.78 Å². The number of pyridine rings is 1. The first kappa shape index (κ1) is 14.0. The van der Waals surface area contributed by atoms with Crippen LogP contribution in [0.15, 0.2) is 18.3 Å². The summed E-state index contributed by atoms with van der Waals surface area (Å²) in [5.74, 6) is -0.419. The van der Waals surface area contributed by atoms with Gasteiger partial charge >= 0.3 is 0 Å². The van der Waals surface area contributed by atoms with E-state index in [1.54, 1.807) is 12.1 Å². The average Bonchev–Trinajstić information content (AvgIpc) is 2.38. The zero-order valence-electron chi connectivity index (χ0n) is 10.9. The second-order valence-electron chi connectivity index (χ2n) is 5.12. The van der Waals surface area contributed by atoms with Gasteiger partial charge in [-0.2, -0.15) is 0 Å². The molecular weight excluding hydrogens is 264 g/mol. The molecule has 104 valence electrons. The fourth-order valence-electron chi connectivity index (χ4n) is 2.59. The first-order chi connectivity index (χ1) is 8.89. The number of hydrogen-bond donors (Lipinski definition) is 1. The van der Waals surface area contributed by atoms with Crippen LogP contribution in [0.1, 0.15) is 36.2 Å². The van der Waals surface area contributed by atoms with Crippen LogP contribution in [0.4, 0.5) is 5.69 Å². The predicted octanol–water partition coefficient (Wildman–Crippen LogP) is 1.45. The Bertz CT molecular complexity index is 583. The van der Waals surface area contributed by atoms with Crippen LogP contribution in [0, 0.1) is 5.92 Å². The van der Waals surface area contributed by atoms with Gasteiger partial charge in [0.2, 0.25) is 0 Å². The van der Waals surface area contributed by atoms with Gasteiger partial charge in [-0.25, -0.2) is 8.42 Å². The minimum atomic E-state index is -3.09. The number of rotatable bonds is 3. The Hall–Kier alpha value is -1.43. The van der Waals surface area contributed by atoms with E-state index in [0.29, 0.717) is 24.9 Å². The fourth-order valence-corrected chi connectivity index (χ4v) is 3.77. The van der Waals surface area contributed by atoms with Crippen molar-refractivity contribution in [3.05, 3.63) is 24.0 Å². The van der Waals surface area contributed by atoms with Gasteiger partial charge in [0.25, 0.3) is 0 Å². The number of aromatic nitrogens is 1. The molecule has 0 aromatic carbocycles. The fraction of sp³-hybridized carbons (Fsp3) is 0.538. The number of nitrogen functional groups attached to an aromatic ring is 1. The molecule has 1 aliphatic carbocycles. The third-order valence-electron chi connectivity index (χ3n) is 3.67. The van der Waals surface area contributed by atoms with Gasteiger partial charge in [0.05, 0.1) is 10.9 Å². The molecule has 0 spiro atoms. The van der Waals surface area contributed by atoms with Crippen LogP contribution in [0.5, 0.6) is 0 Å². The molecule has 0 bridgehead atoms.